The number of nitrogens with zero attached hydrogens (tertiary/aromatic N) is 14. The van der Waals surface area contributed by atoms with E-state index in [0.29, 0.717) is 22.9 Å². The van der Waals surface area contributed by atoms with E-state index >= 15 is 0 Å². The van der Waals surface area contributed by atoms with Crippen LogP contribution in [0.2, 0.25) is 0 Å². The summed E-state index contributed by atoms with van der Waals surface area (Å²) in [7, 11) is 0. The Hall–Kier alpha value is -7.00. The van der Waals surface area contributed by atoms with Gasteiger partial charge in [-0.3, -0.25) is 0 Å². The molecule has 12 rings (SSSR count). The monoisotopic (exact) mass is 948 g/mol. The Kier molecular flexibility index (Phi) is 13.6. The first-order valence-electron chi connectivity index (χ1n) is 24.8. The maximum absolute atomic E-state index is 5.99. The fourth-order valence-electron chi connectivity index (χ4n) is 9.71. The molecule has 8 aromatic rings. The quantitative estimate of drug-likeness (QED) is 0.121. The van der Waals surface area contributed by atoms with Gasteiger partial charge >= 0.3 is 0 Å². The number of hydrogen-bond acceptors (Lipinski definition) is 16. The van der Waals surface area contributed by atoms with E-state index < -0.39 is 0 Å². The Morgan fingerprint density at radius 3 is 1.59 bits per heavy atom. The largest absolute Gasteiger partial charge is 0.378 e. The molecule has 70 heavy (non-hydrogen) atoms. The van der Waals surface area contributed by atoms with E-state index in [4.69, 9.17) is 39.1 Å². The maximum atomic E-state index is 5.99. The number of rotatable bonds is 12. The van der Waals surface area contributed by atoms with Gasteiger partial charge in [0.05, 0.1) is 67.8 Å². The van der Waals surface area contributed by atoms with Crippen LogP contribution in [0.3, 0.4) is 0 Å². The number of anilines is 6. The van der Waals surface area contributed by atoms with Crippen molar-refractivity contribution in [2.24, 2.45) is 0 Å². The second kappa shape index (κ2) is 20.9. The summed E-state index contributed by atoms with van der Waals surface area (Å²) in [6.45, 7) is 12.6. The van der Waals surface area contributed by atoms with Crippen molar-refractivity contribution < 1.29 is 18.9 Å². The molecule has 4 aliphatic heterocycles. The Bertz CT molecular complexity index is 2840. The molecule has 10 heterocycles. The van der Waals surface area contributed by atoms with Gasteiger partial charge in [-0.05, 0) is 99.9 Å². The molecule has 20 nitrogen and oxygen atoms in total. The van der Waals surface area contributed by atoms with Gasteiger partial charge in [0.15, 0.2) is 22.9 Å². The van der Waals surface area contributed by atoms with Gasteiger partial charge in [0.1, 0.15) is 25.1 Å². The van der Waals surface area contributed by atoms with E-state index in [1.54, 1.807) is 12.7 Å². The minimum absolute atomic E-state index is 0.00646. The van der Waals surface area contributed by atoms with Crippen molar-refractivity contribution >= 4 is 45.7 Å². The summed E-state index contributed by atoms with van der Waals surface area (Å²) in [6, 6.07) is 16.8. The van der Waals surface area contributed by atoms with Crippen LogP contribution in [0.1, 0.15) is 76.2 Å². The highest BCUT2D eigenvalue weighted by Gasteiger charge is 2.25. The van der Waals surface area contributed by atoms with Crippen LogP contribution in [-0.2, 0) is 31.8 Å². The molecule has 2 unspecified atom stereocenters. The zero-order chi connectivity index (χ0) is 47.2. The summed E-state index contributed by atoms with van der Waals surface area (Å²) < 4.78 is 30.5. The molecule has 0 saturated carbocycles. The Morgan fingerprint density at radius 2 is 1.09 bits per heavy atom. The summed E-state index contributed by atoms with van der Waals surface area (Å²) in [5.74, 6) is 1.32. The summed E-state index contributed by atoms with van der Waals surface area (Å²) >= 11 is 0. The molecule has 4 saturated heterocycles. The maximum Gasteiger partial charge on any atom is 0.199 e. The third-order valence-corrected chi connectivity index (χ3v) is 13.4. The van der Waals surface area contributed by atoms with Crippen molar-refractivity contribution in [2.45, 2.75) is 77.7 Å². The Morgan fingerprint density at radius 1 is 0.557 bits per heavy atom. The number of aryl methyl sites for hydroxylation is 1. The van der Waals surface area contributed by atoms with Crippen LogP contribution in [0.25, 0.3) is 33.8 Å². The number of fused-ring (bicyclic) bond motifs is 2. The molecule has 6 aromatic heterocycles. The third kappa shape index (κ3) is 9.50. The molecule has 0 radical (unpaired) electrons. The van der Waals surface area contributed by atoms with Crippen molar-refractivity contribution in [3.8, 4) is 22.5 Å². The van der Waals surface area contributed by atoms with Crippen molar-refractivity contribution in [3.05, 3.63) is 97.4 Å². The van der Waals surface area contributed by atoms with Crippen molar-refractivity contribution in [1.29, 1.82) is 0 Å². The average molecular weight is 949 g/mol. The van der Waals surface area contributed by atoms with Crippen molar-refractivity contribution in [3.63, 3.8) is 0 Å². The first kappa shape index (κ1) is 45.4. The van der Waals surface area contributed by atoms with Crippen LogP contribution in [0, 0.1) is 0 Å². The van der Waals surface area contributed by atoms with Crippen LogP contribution >= 0.6 is 0 Å². The van der Waals surface area contributed by atoms with Gasteiger partial charge in [0.2, 0.25) is 0 Å². The molecule has 4 fully saturated rings. The molecule has 0 amide bonds. The van der Waals surface area contributed by atoms with Crippen LogP contribution in [0.5, 0.6) is 0 Å². The normalized spacial score (nSPS) is 18.8. The standard InChI is InChI=1S/2C25H30N8O2/c1-2-21-20(16-32(30-21)23-5-3-4-12-35-23)22-15-26-24(25-27-17-28-33(22)25)29-18-6-8-19(9-7-18)31-10-13-34-14-11-31;1-2-21-20(15-28-32(21)23-5-3-4-12-35-23)22-16-26-24(25-27-17-29-33(22)25)30-18-6-8-19(9-7-18)31-10-13-34-14-11-31/h6-9,15-17,23H,2-5,10-14H2,1H3,(H,26,29);6-9,15-17,23H,2-5,10-14H2,1H3,(H,26,30). The van der Waals surface area contributed by atoms with E-state index in [1.165, 1.54) is 11.4 Å². The van der Waals surface area contributed by atoms with Gasteiger partial charge in [0, 0.05) is 79.5 Å². The Labute approximate surface area is 406 Å². The molecule has 364 valence electrons. The molecule has 2 N–H and O–H groups in total. The van der Waals surface area contributed by atoms with E-state index in [1.807, 2.05) is 37.0 Å². The van der Waals surface area contributed by atoms with Gasteiger partial charge in [-0.25, -0.2) is 38.3 Å². The lowest BCUT2D eigenvalue weighted by atomic mass is 10.1. The highest BCUT2D eigenvalue weighted by atomic mass is 16.5. The van der Waals surface area contributed by atoms with Gasteiger partial charge in [0.25, 0.3) is 0 Å². The molecule has 2 aromatic carbocycles. The van der Waals surface area contributed by atoms with Gasteiger partial charge in [-0.15, -0.1) is 0 Å². The van der Waals surface area contributed by atoms with Crippen LogP contribution in [-0.4, -0.2) is 125 Å². The van der Waals surface area contributed by atoms with Crippen molar-refractivity contribution in [2.75, 3.05) is 86.3 Å². The minimum Gasteiger partial charge on any atom is -0.378 e. The lowest BCUT2D eigenvalue weighted by Crippen LogP contribution is -2.36. The van der Waals surface area contributed by atoms with E-state index in [2.05, 4.69) is 109 Å². The second-order valence-corrected chi connectivity index (χ2v) is 17.8. The smallest absolute Gasteiger partial charge is 0.199 e. The number of benzene rings is 2. The summed E-state index contributed by atoms with van der Waals surface area (Å²) in [5, 5.41) is 25.4. The molecule has 2 atom stereocenters. The molecule has 0 bridgehead atoms. The predicted molar refractivity (Wildman–Crippen MR) is 266 cm³/mol. The molecule has 0 spiro atoms. The van der Waals surface area contributed by atoms with Crippen molar-refractivity contribution in [1.82, 2.24) is 58.7 Å². The molecule has 4 aliphatic rings. The average Bonchev–Trinajstić information content (AvgIpc) is 4.28. The molecule has 20 heteroatoms. The van der Waals surface area contributed by atoms with E-state index in [-0.39, 0.29) is 12.5 Å². The third-order valence-electron chi connectivity index (χ3n) is 13.4. The van der Waals surface area contributed by atoms with E-state index in [9.17, 15) is 0 Å². The molecular formula is C50H60N16O4. The zero-order valence-corrected chi connectivity index (χ0v) is 39.9. The van der Waals surface area contributed by atoms with Crippen LogP contribution in [0.15, 0.2) is 86.0 Å². The SMILES string of the molecule is CCc1c(-c2cnc(Nc3ccc(N4CCOCC4)cc3)c3ncnn23)cnn1C1CCCCO1.CCc1nn(C2CCCCO2)cc1-c1cnc(Nc2ccc(N3CCOCC3)cc2)c2ncnn12. The van der Waals surface area contributed by atoms with Gasteiger partial charge in [-0.2, -0.15) is 20.4 Å². The van der Waals surface area contributed by atoms with Gasteiger partial charge in [-0.1, -0.05) is 13.8 Å². The van der Waals surface area contributed by atoms with Crippen LogP contribution in [0.4, 0.5) is 34.4 Å². The topological polar surface area (TPSA) is 189 Å². The summed E-state index contributed by atoms with van der Waals surface area (Å²) in [6.07, 6.45) is 18.9. The first-order chi connectivity index (χ1) is 34.6. The highest BCUT2D eigenvalue weighted by molar-refractivity contribution is 5.76. The second-order valence-electron chi connectivity index (χ2n) is 17.8. The summed E-state index contributed by atoms with van der Waals surface area (Å²) in [4.78, 5) is 23.1. The first-order valence-corrected chi connectivity index (χ1v) is 24.8. The summed E-state index contributed by atoms with van der Waals surface area (Å²) in [5.41, 5.74) is 11.5. The minimum atomic E-state index is -0.0108. The lowest BCUT2D eigenvalue weighted by molar-refractivity contribution is -0.0409. The number of morpholine rings is 2. The number of nitrogens with one attached hydrogen (secondary N) is 2. The fraction of sp³-hybridized carbons (Fsp3) is 0.440. The van der Waals surface area contributed by atoms with Gasteiger partial charge < -0.3 is 39.4 Å². The highest BCUT2D eigenvalue weighted by Crippen LogP contribution is 2.33. The number of hydrogen-bond donors (Lipinski definition) is 2. The molecule has 0 aliphatic carbocycles. The fourth-order valence-corrected chi connectivity index (χ4v) is 9.71. The van der Waals surface area contributed by atoms with Crippen LogP contribution < -0.4 is 20.4 Å². The molecular weight excluding hydrogens is 889 g/mol. The predicted octanol–water partition coefficient (Wildman–Crippen LogP) is 7.66. The number of aromatic nitrogens is 12. The number of ether oxygens (including phenoxy) is 4. The Balaban J connectivity index is 0.000000152. The lowest BCUT2D eigenvalue weighted by Gasteiger charge is -2.28. The zero-order valence-electron chi connectivity index (χ0n) is 39.9. The van der Waals surface area contributed by atoms with E-state index in [0.717, 1.165) is 162 Å².